The summed E-state index contributed by atoms with van der Waals surface area (Å²) in [5.74, 6) is 2.85. The Bertz CT molecular complexity index is 1300. The molecule has 8 N–H and O–H groups in total. The molecule has 8 rings (SSSR count). The SMILES string of the molecule is CC1CCC2(OC1)OC1CC3C4CCC5CC(OC6OC(CO)C(O)C(OC7OC(CO)C(O)C(O)C7O)C6O)C(O)CC5(C)C4CCC3(C)C1C2C. The highest BCUT2D eigenvalue weighted by Gasteiger charge is 2.69. The Hall–Kier alpha value is -0.560. The molecule has 1 spiro atoms. The Labute approximate surface area is 312 Å². The van der Waals surface area contributed by atoms with Crippen molar-refractivity contribution in [3.63, 3.8) is 0 Å². The predicted molar refractivity (Wildman–Crippen MR) is 184 cm³/mol. The molecule has 8 aliphatic rings. The minimum Gasteiger partial charge on any atom is -0.394 e. The molecule has 304 valence electrons. The minimum atomic E-state index is -1.76. The largest absolute Gasteiger partial charge is 0.394 e. The van der Waals surface area contributed by atoms with Crippen molar-refractivity contribution in [3.05, 3.63) is 0 Å². The average molecular weight is 757 g/mol. The molecule has 14 heteroatoms. The maximum Gasteiger partial charge on any atom is 0.187 e. The van der Waals surface area contributed by atoms with Crippen LogP contribution in [0.4, 0.5) is 0 Å². The number of rotatable bonds is 6. The van der Waals surface area contributed by atoms with E-state index in [2.05, 4.69) is 27.7 Å². The first-order chi connectivity index (χ1) is 25.2. The summed E-state index contributed by atoms with van der Waals surface area (Å²) in [4.78, 5) is 0. The number of hydrogen-bond acceptors (Lipinski definition) is 14. The van der Waals surface area contributed by atoms with E-state index in [4.69, 9.17) is 28.4 Å². The van der Waals surface area contributed by atoms with Crippen LogP contribution in [0.3, 0.4) is 0 Å². The van der Waals surface area contributed by atoms with Crippen molar-refractivity contribution in [2.45, 2.75) is 171 Å². The molecule has 4 aliphatic heterocycles. The normalized spacial score (nSPS) is 59.5. The van der Waals surface area contributed by atoms with Gasteiger partial charge in [-0.1, -0.05) is 27.7 Å². The molecule has 0 aromatic heterocycles. The van der Waals surface area contributed by atoms with Crippen molar-refractivity contribution in [2.24, 2.45) is 52.3 Å². The molecule has 0 aromatic rings. The molecule has 23 atom stereocenters. The van der Waals surface area contributed by atoms with Gasteiger partial charge in [0.25, 0.3) is 0 Å². The van der Waals surface area contributed by atoms with Crippen LogP contribution in [0.2, 0.25) is 0 Å². The Morgan fingerprint density at radius 2 is 1.40 bits per heavy atom. The quantitative estimate of drug-likeness (QED) is 0.173. The highest BCUT2D eigenvalue weighted by molar-refractivity contribution is 5.16. The average Bonchev–Trinajstić information content (AvgIpc) is 3.58. The zero-order chi connectivity index (χ0) is 37.8. The molecule has 4 saturated carbocycles. The van der Waals surface area contributed by atoms with Crippen LogP contribution in [0.1, 0.15) is 85.5 Å². The highest BCUT2D eigenvalue weighted by atomic mass is 16.7. The van der Waals surface area contributed by atoms with Crippen molar-refractivity contribution in [3.8, 4) is 0 Å². The molecule has 14 nitrogen and oxygen atoms in total. The van der Waals surface area contributed by atoms with E-state index in [1.807, 2.05) is 0 Å². The Kier molecular flexibility index (Phi) is 10.6. The van der Waals surface area contributed by atoms with E-state index in [0.29, 0.717) is 48.3 Å². The van der Waals surface area contributed by atoms with Crippen LogP contribution >= 0.6 is 0 Å². The summed E-state index contributed by atoms with van der Waals surface area (Å²) >= 11 is 0. The summed E-state index contributed by atoms with van der Waals surface area (Å²) in [6.45, 7) is 8.96. The molecule has 23 unspecified atom stereocenters. The van der Waals surface area contributed by atoms with Crippen LogP contribution < -0.4 is 0 Å². The minimum absolute atomic E-state index is 0.0951. The number of fused-ring (bicyclic) bond motifs is 7. The van der Waals surface area contributed by atoms with Gasteiger partial charge in [-0.25, -0.2) is 0 Å². The lowest BCUT2D eigenvalue weighted by atomic mass is 9.44. The third-order valence-corrected chi connectivity index (χ3v) is 16.2. The Morgan fingerprint density at radius 1 is 0.698 bits per heavy atom. The van der Waals surface area contributed by atoms with Crippen LogP contribution in [0.15, 0.2) is 0 Å². The van der Waals surface area contributed by atoms with Gasteiger partial charge < -0.3 is 69.3 Å². The first-order valence-electron chi connectivity index (χ1n) is 20.4. The van der Waals surface area contributed by atoms with Crippen LogP contribution in [0.5, 0.6) is 0 Å². The van der Waals surface area contributed by atoms with E-state index < -0.39 is 92.6 Å². The second kappa shape index (κ2) is 14.4. The van der Waals surface area contributed by atoms with Crippen LogP contribution in [0.25, 0.3) is 0 Å². The topological polar surface area (TPSA) is 217 Å². The second-order valence-electron chi connectivity index (χ2n) is 18.9. The van der Waals surface area contributed by atoms with Gasteiger partial charge in [0.15, 0.2) is 18.4 Å². The summed E-state index contributed by atoms with van der Waals surface area (Å²) in [5.41, 5.74) is 0.0992. The summed E-state index contributed by atoms with van der Waals surface area (Å²) in [5, 5.41) is 84.7. The molecule has 4 heterocycles. The fraction of sp³-hybridized carbons (Fsp3) is 1.00. The molecule has 53 heavy (non-hydrogen) atoms. The fourth-order valence-electron chi connectivity index (χ4n) is 13.3. The number of ether oxygens (including phenoxy) is 6. The van der Waals surface area contributed by atoms with Crippen molar-refractivity contribution in [1.29, 1.82) is 0 Å². The molecule has 0 amide bonds. The van der Waals surface area contributed by atoms with Gasteiger partial charge in [0.05, 0.1) is 38.1 Å². The fourth-order valence-corrected chi connectivity index (χ4v) is 13.3. The lowest BCUT2D eigenvalue weighted by Crippen LogP contribution is -2.65. The molecule has 0 radical (unpaired) electrons. The van der Waals surface area contributed by atoms with E-state index in [1.165, 1.54) is 0 Å². The molecule has 8 fully saturated rings. The zero-order valence-electron chi connectivity index (χ0n) is 31.6. The van der Waals surface area contributed by atoms with E-state index in [0.717, 1.165) is 51.6 Å². The van der Waals surface area contributed by atoms with Crippen LogP contribution in [-0.2, 0) is 28.4 Å². The van der Waals surface area contributed by atoms with Crippen molar-refractivity contribution in [1.82, 2.24) is 0 Å². The van der Waals surface area contributed by atoms with E-state index in [1.54, 1.807) is 0 Å². The summed E-state index contributed by atoms with van der Waals surface area (Å²) < 4.78 is 36.8. The second-order valence-corrected chi connectivity index (χ2v) is 18.9. The number of aliphatic hydroxyl groups excluding tert-OH is 8. The molecular weight excluding hydrogens is 692 g/mol. The molecular formula is C39H64O14. The molecule has 4 saturated heterocycles. The maximum atomic E-state index is 11.7. The molecule has 0 aromatic carbocycles. The lowest BCUT2D eigenvalue weighted by molar-refractivity contribution is -0.367. The van der Waals surface area contributed by atoms with Gasteiger partial charge in [-0.15, -0.1) is 0 Å². The summed E-state index contributed by atoms with van der Waals surface area (Å²) in [6, 6.07) is 0. The molecule has 0 bridgehead atoms. The predicted octanol–water partition coefficient (Wildman–Crippen LogP) is 0.413. The Morgan fingerprint density at radius 3 is 2.08 bits per heavy atom. The van der Waals surface area contributed by atoms with E-state index in [-0.39, 0.29) is 22.9 Å². The molecule has 4 aliphatic carbocycles. The third kappa shape index (κ3) is 6.20. The van der Waals surface area contributed by atoms with Crippen molar-refractivity contribution >= 4 is 0 Å². The van der Waals surface area contributed by atoms with Gasteiger partial charge in [0.2, 0.25) is 0 Å². The van der Waals surface area contributed by atoms with Gasteiger partial charge in [0.1, 0.15) is 48.8 Å². The van der Waals surface area contributed by atoms with Gasteiger partial charge >= 0.3 is 0 Å². The van der Waals surface area contributed by atoms with Gasteiger partial charge in [-0.05, 0) is 97.7 Å². The lowest BCUT2D eigenvalue weighted by Gasteiger charge is -2.62. The standard InChI is InChI=1S/C39H64O14/c1-17-7-10-39(48-16-17)18(2)28-25(53-39)12-22-20-6-5-19-11-24(23(42)13-38(19,4)21(20)8-9-37(22,28)3)49-36-33(47)34(30(44)27(15-41)51-36)52-35-32(46)31(45)29(43)26(14-40)50-35/h17-36,40-47H,5-16H2,1-4H3. The summed E-state index contributed by atoms with van der Waals surface area (Å²) in [7, 11) is 0. The van der Waals surface area contributed by atoms with Crippen molar-refractivity contribution in [2.75, 3.05) is 19.8 Å². The first kappa shape index (κ1) is 39.3. The van der Waals surface area contributed by atoms with E-state index in [9.17, 15) is 40.9 Å². The number of hydrogen-bond donors (Lipinski definition) is 8. The van der Waals surface area contributed by atoms with Gasteiger partial charge in [-0.2, -0.15) is 0 Å². The van der Waals surface area contributed by atoms with Crippen molar-refractivity contribution < 1.29 is 69.3 Å². The third-order valence-electron chi connectivity index (χ3n) is 16.2. The Balaban J connectivity index is 0.937. The maximum absolute atomic E-state index is 11.7. The first-order valence-corrected chi connectivity index (χ1v) is 20.4. The summed E-state index contributed by atoms with van der Waals surface area (Å²) in [6.07, 6.45) is -8.01. The van der Waals surface area contributed by atoms with Crippen LogP contribution in [0, 0.1) is 52.3 Å². The number of aliphatic hydroxyl groups is 8. The highest BCUT2D eigenvalue weighted by Crippen LogP contribution is 2.71. The van der Waals surface area contributed by atoms with Crippen LogP contribution in [-0.4, -0.2) is 146 Å². The van der Waals surface area contributed by atoms with E-state index >= 15 is 0 Å². The van der Waals surface area contributed by atoms with Gasteiger partial charge in [-0.3, -0.25) is 0 Å². The van der Waals surface area contributed by atoms with Gasteiger partial charge in [0, 0.05) is 12.3 Å². The smallest absolute Gasteiger partial charge is 0.187 e. The zero-order valence-corrected chi connectivity index (χ0v) is 31.6. The monoisotopic (exact) mass is 756 g/mol.